The maximum absolute atomic E-state index is 12.4. The fourth-order valence-electron chi connectivity index (χ4n) is 5.03. The number of nitrogens with zero attached hydrogens (tertiary/aromatic N) is 4. The van der Waals surface area contributed by atoms with Gasteiger partial charge in [0.15, 0.2) is 11.5 Å². The highest BCUT2D eigenvalue weighted by Crippen LogP contribution is 2.28. The predicted molar refractivity (Wildman–Crippen MR) is 148 cm³/mol. The molecule has 0 bridgehead atoms. The summed E-state index contributed by atoms with van der Waals surface area (Å²) >= 11 is 0. The summed E-state index contributed by atoms with van der Waals surface area (Å²) in [6.07, 6.45) is 11.1. The second-order valence-electron chi connectivity index (χ2n) is 10.2. The monoisotopic (exact) mass is 494 g/mol. The molecule has 6 rings (SSSR count). The van der Waals surface area contributed by atoms with Crippen LogP contribution in [0, 0.1) is 0 Å². The van der Waals surface area contributed by atoms with E-state index in [0.29, 0.717) is 11.6 Å². The Kier molecular flexibility index (Phi) is 6.86. The molecule has 37 heavy (non-hydrogen) atoms. The van der Waals surface area contributed by atoms with Crippen molar-refractivity contribution in [2.24, 2.45) is 0 Å². The van der Waals surface area contributed by atoms with E-state index in [-0.39, 0.29) is 5.91 Å². The fourth-order valence-corrected chi connectivity index (χ4v) is 5.03. The number of hydrogen-bond acceptors (Lipinski definition) is 5. The number of hydrogen-bond donors (Lipinski definition) is 2. The Labute approximate surface area is 217 Å². The zero-order chi connectivity index (χ0) is 25.0. The largest absolute Gasteiger partial charge is 0.367 e. The summed E-state index contributed by atoms with van der Waals surface area (Å²) in [6, 6.07) is 18.4. The van der Waals surface area contributed by atoms with Gasteiger partial charge in [-0.15, -0.1) is 0 Å². The first-order valence-corrected chi connectivity index (χ1v) is 13.6. The smallest absolute Gasteiger partial charge is 0.251 e. The average molecular weight is 495 g/mol. The van der Waals surface area contributed by atoms with E-state index in [9.17, 15) is 4.79 Å². The summed E-state index contributed by atoms with van der Waals surface area (Å²) in [4.78, 5) is 24.7. The molecule has 0 radical (unpaired) electrons. The molecule has 7 heteroatoms. The first-order chi connectivity index (χ1) is 18.2. The Morgan fingerprint density at radius 2 is 1.73 bits per heavy atom. The molecule has 1 saturated heterocycles. The molecular weight excluding hydrogens is 460 g/mol. The second-order valence-corrected chi connectivity index (χ2v) is 10.2. The number of imidazole rings is 1. The van der Waals surface area contributed by atoms with Crippen LogP contribution in [0.15, 0.2) is 67.0 Å². The highest BCUT2D eigenvalue weighted by Gasteiger charge is 2.24. The highest BCUT2D eigenvalue weighted by atomic mass is 16.1. The topological polar surface area (TPSA) is 74.6 Å². The number of likely N-dealkylation sites (tertiary alicyclic amines) is 1. The molecule has 7 nitrogen and oxygen atoms in total. The quantitative estimate of drug-likeness (QED) is 0.295. The van der Waals surface area contributed by atoms with Crippen LogP contribution in [0.1, 0.15) is 48.9 Å². The van der Waals surface area contributed by atoms with E-state index in [1.807, 2.05) is 48.7 Å². The van der Waals surface area contributed by atoms with Gasteiger partial charge in [-0.25, -0.2) is 9.97 Å². The minimum absolute atomic E-state index is 0.000950. The molecule has 2 N–H and O–H groups in total. The first-order valence-electron chi connectivity index (χ1n) is 13.6. The van der Waals surface area contributed by atoms with Gasteiger partial charge in [0.25, 0.3) is 5.91 Å². The minimum Gasteiger partial charge on any atom is -0.367 e. The molecule has 1 aliphatic carbocycles. The van der Waals surface area contributed by atoms with Crippen LogP contribution in [-0.4, -0.2) is 57.4 Å². The fraction of sp³-hybridized carbons (Fsp3) is 0.367. The molecule has 2 fully saturated rings. The lowest BCUT2D eigenvalue weighted by atomic mass is 10.1. The van der Waals surface area contributed by atoms with Crippen molar-refractivity contribution in [2.75, 3.05) is 31.5 Å². The summed E-state index contributed by atoms with van der Waals surface area (Å²) < 4.78 is 2.11. The number of aromatic nitrogens is 3. The maximum atomic E-state index is 12.4. The van der Waals surface area contributed by atoms with E-state index in [1.165, 1.54) is 38.9 Å². The van der Waals surface area contributed by atoms with Gasteiger partial charge in [-0.05, 0) is 70.3 Å². The second kappa shape index (κ2) is 10.7. The molecule has 1 amide bonds. The van der Waals surface area contributed by atoms with Gasteiger partial charge in [0.2, 0.25) is 0 Å². The molecule has 2 aromatic heterocycles. The first kappa shape index (κ1) is 23.7. The Morgan fingerprint density at radius 3 is 2.49 bits per heavy atom. The lowest BCUT2D eigenvalue weighted by molar-refractivity contribution is 0.0951. The van der Waals surface area contributed by atoms with E-state index < -0.39 is 0 Å². The van der Waals surface area contributed by atoms with Crippen LogP contribution in [0.2, 0.25) is 0 Å². The molecule has 190 valence electrons. The van der Waals surface area contributed by atoms with Crippen LogP contribution in [0.3, 0.4) is 0 Å². The van der Waals surface area contributed by atoms with E-state index in [2.05, 4.69) is 38.3 Å². The van der Waals surface area contributed by atoms with Crippen molar-refractivity contribution in [3.8, 4) is 22.5 Å². The number of rotatable bonds is 10. The van der Waals surface area contributed by atoms with Gasteiger partial charge in [0.05, 0.1) is 17.6 Å². The van der Waals surface area contributed by atoms with E-state index >= 15 is 0 Å². The lowest BCUT2D eigenvalue weighted by Gasteiger charge is -2.15. The normalized spacial score (nSPS) is 15.8. The molecule has 3 heterocycles. The molecule has 0 atom stereocenters. The van der Waals surface area contributed by atoms with Gasteiger partial charge in [-0.2, -0.15) is 0 Å². The Bertz CT molecular complexity index is 1350. The predicted octanol–water partition coefficient (Wildman–Crippen LogP) is 5.24. The summed E-state index contributed by atoms with van der Waals surface area (Å²) in [6.45, 7) is 4.54. The number of carbonyl (C=O) groups is 1. The number of unbranched alkanes of at least 4 members (excludes halogenated alkanes) is 1. The van der Waals surface area contributed by atoms with Gasteiger partial charge < -0.3 is 15.5 Å². The number of nitrogens with one attached hydrogen (secondary N) is 2. The number of benzene rings is 2. The summed E-state index contributed by atoms with van der Waals surface area (Å²) in [5.41, 5.74) is 5.44. The number of anilines is 1. The molecule has 0 spiro atoms. The summed E-state index contributed by atoms with van der Waals surface area (Å²) in [5, 5.41) is 6.63. The zero-order valence-corrected chi connectivity index (χ0v) is 21.2. The highest BCUT2D eigenvalue weighted by molar-refractivity contribution is 5.95. The van der Waals surface area contributed by atoms with Crippen molar-refractivity contribution < 1.29 is 4.79 Å². The maximum Gasteiger partial charge on any atom is 0.251 e. The standard InChI is InChI=1S/C30H34N6O/c37-30(33-25-14-15-25)24-12-10-23(11-13-24)27-20-32-29-28(31-16-4-5-17-35-18-6-7-19-35)34-26(21-36(27)29)22-8-2-1-3-9-22/h1-3,8-13,20-21,25H,4-7,14-19H2,(H,31,34)(H,33,37). The average Bonchev–Trinajstić information content (AvgIpc) is 3.41. The van der Waals surface area contributed by atoms with Gasteiger partial charge >= 0.3 is 0 Å². The molecular formula is C30H34N6O. The number of carbonyl (C=O) groups excluding carboxylic acids is 1. The van der Waals surface area contributed by atoms with Gasteiger partial charge in [0, 0.05) is 35.5 Å². The third kappa shape index (κ3) is 5.52. The van der Waals surface area contributed by atoms with Crippen molar-refractivity contribution in [1.82, 2.24) is 24.6 Å². The van der Waals surface area contributed by atoms with Crippen molar-refractivity contribution >= 4 is 17.4 Å². The van der Waals surface area contributed by atoms with Crippen LogP contribution in [0.25, 0.3) is 28.2 Å². The molecule has 1 aliphatic heterocycles. The molecule has 0 unspecified atom stereocenters. The van der Waals surface area contributed by atoms with Crippen LogP contribution in [-0.2, 0) is 0 Å². The lowest BCUT2D eigenvalue weighted by Crippen LogP contribution is -2.25. The Morgan fingerprint density at radius 1 is 0.946 bits per heavy atom. The number of amides is 1. The summed E-state index contributed by atoms with van der Waals surface area (Å²) in [5.74, 6) is 0.799. The molecule has 4 aromatic rings. The van der Waals surface area contributed by atoms with Crippen LogP contribution in [0.4, 0.5) is 5.82 Å². The van der Waals surface area contributed by atoms with Crippen molar-refractivity contribution in [3.63, 3.8) is 0 Å². The van der Waals surface area contributed by atoms with Crippen LogP contribution in [0.5, 0.6) is 0 Å². The zero-order valence-electron chi connectivity index (χ0n) is 21.2. The van der Waals surface area contributed by atoms with Crippen molar-refractivity contribution in [2.45, 2.75) is 44.6 Å². The molecule has 2 aromatic carbocycles. The van der Waals surface area contributed by atoms with Gasteiger partial charge in [0.1, 0.15) is 0 Å². The van der Waals surface area contributed by atoms with E-state index in [1.54, 1.807) is 0 Å². The van der Waals surface area contributed by atoms with E-state index in [0.717, 1.165) is 59.8 Å². The molecule has 2 aliphatic rings. The minimum atomic E-state index is -0.000950. The van der Waals surface area contributed by atoms with Crippen LogP contribution >= 0.6 is 0 Å². The third-order valence-corrected chi connectivity index (χ3v) is 7.31. The summed E-state index contributed by atoms with van der Waals surface area (Å²) in [7, 11) is 0. The molecule has 1 saturated carbocycles. The van der Waals surface area contributed by atoms with Crippen LogP contribution < -0.4 is 10.6 Å². The number of fused-ring (bicyclic) bond motifs is 1. The van der Waals surface area contributed by atoms with Crippen molar-refractivity contribution in [3.05, 3.63) is 72.6 Å². The van der Waals surface area contributed by atoms with E-state index in [4.69, 9.17) is 9.97 Å². The SMILES string of the molecule is O=C(NC1CC1)c1ccc(-c2cnc3c(NCCCCN4CCCC4)nc(-c4ccccc4)cn23)cc1. The Balaban J connectivity index is 1.25. The van der Waals surface area contributed by atoms with Gasteiger partial charge in [-0.3, -0.25) is 9.20 Å². The third-order valence-electron chi connectivity index (χ3n) is 7.31. The Hall–Kier alpha value is -3.71. The van der Waals surface area contributed by atoms with Gasteiger partial charge in [-0.1, -0.05) is 42.5 Å². The van der Waals surface area contributed by atoms with Crippen molar-refractivity contribution in [1.29, 1.82) is 0 Å².